The molecule has 0 heterocycles. The number of hydrogen-bond donors (Lipinski definition) is 2. The molecule has 112 valence electrons. The van der Waals surface area contributed by atoms with Crippen LogP contribution in [0.3, 0.4) is 0 Å². The van der Waals surface area contributed by atoms with Crippen molar-refractivity contribution in [3.05, 3.63) is 29.8 Å². The molecule has 0 atom stereocenters. The molecule has 0 aromatic heterocycles. The fourth-order valence-electron chi connectivity index (χ4n) is 2.27. The number of rotatable bonds is 8. The first-order valence-electron chi connectivity index (χ1n) is 6.80. The normalized spacial score (nSPS) is 17.1. The quantitative estimate of drug-likeness (QED) is 0.756. The Hall–Kier alpha value is -0.950. The number of sulfonamides is 1. The molecule has 6 heteroatoms. The summed E-state index contributed by atoms with van der Waals surface area (Å²) in [6, 6.07) is 6.85. The number of nitrogens with one attached hydrogen (secondary N) is 1. The molecule has 1 aromatic rings. The predicted molar refractivity (Wildman–Crippen MR) is 77.7 cm³/mol. The summed E-state index contributed by atoms with van der Waals surface area (Å²) in [5.41, 5.74) is 6.32. The Balaban J connectivity index is 2.05. The zero-order valence-corrected chi connectivity index (χ0v) is 12.6. The summed E-state index contributed by atoms with van der Waals surface area (Å²) >= 11 is 0. The first-order chi connectivity index (χ1) is 9.53. The molecule has 0 aliphatic heterocycles. The van der Waals surface area contributed by atoms with Gasteiger partial charge in [-0.15, -0.1) is 0 Å². The molecule has 5 nitrogen and oxygen atoms in total. The van der Waals surface area contributed by atoms with Crippen molar-refractivity contribution < 1.29 is 13.2 Å². The Morgan fingerprint density at radius 3 is 2.65 bits per heavy atom. The van der Waals surface area contributed by atoms with Crippen molar-refractivity contribution >= 4 is 10.0 Å². The zero-order chi connectivity index (χ0) is 14.6. The van der Waals surface area contributed by atoms with Gasteiger partial charge in [0.15, 0.2) is 0 Å². The molecule has 0 saturated heterocycles. The van der Waals surface area contributed by atoms with E-state index in [2.05, 4.69) is 4.72 Å². The topological polar surface area (TPSA) is 81.4 Å². The summed E-state index contributed by atoms with van der Waals surface area (Å²) in [6.45, 7) is 1.35. The van der Waals surface area contributed by atoms with Crippen LogP contribution in [0, 0.1) is 5.41 Å². The molecule has 2 rings (SSSR count). The maximum atomic E-state index is 12.4. The smallest absolute Gasteiger partial charge is 0.240 e. The predicted octanol–water partition coefficient (Wildman–Crippen LogP) is 1.24. The molecule has 1 fully saturated rings. The van der Waals surface area contributed by atoms with E-state index in [1.54, 1.807) is 31.4 Å². The van der Waals surface area contributed by atoms with Gasteiger partial charge >= 0.3 is 0 Å². The van der Waals surface area contributed by atoms with Crippen LogP contribution >= 0.6 is 0 Å². The van der Waals surface area contributed by atoms with Gasteiger partial charge < -0.3 is 10.5 Å². The first-order valence-corrected chi connectivity index (χ1v) is 8.28. The standard InChI is InChI=1S/C14H22N2O3S/c1-19-9-8-14(6-7-14)11-16-20(17,18)13-5-3-2-4-12(13)10-15/h2-5,16H,6-11,15H2,1H3. The van der Waals surface area contributed by atoms with Crippen LogP contribution < -0.4 is 10.5 Å². The third kappa shape index (κ3) is 3.58. The van der Waals surface area contributed by atoms with Gasteiger partial charge in [-0.2, -0.15) is 0 Å². The number of hydrogen-bond acceptors (Lipinski definition) is 4. The number of ether oxygens (including phenoxy) is 1. The third-order valence-electron chi connectivity index (χ3n) is 3.91. The van der Waals surface area contributed by atoms with E-state index >= 15 is 0 Å². The maximum Gasteiger partial charge on any atom is 0.240 e. The van der Waals surface area contributed by atoms with Crippen molar-refractivity contribution in [2.45, 2.75) is 30.7 Å². The van der Waals surface area contributed by atoms with Gasteiger partial charge in [-0.1, -0.05) is 18.2 Å². The molecular formula is C14H22N2O3S. The van der Waals surface area contributed by atoms with Crippen LogP contribution in [0.25, 0.3) is 0 Å². The molecule has 1 aromatic carbocycles. The zero-order valence-electron chi connectivity index (χ0n) is 11.8. The Bertz CT molecular complexity index is 553. The van der Waals surface area contributed by atoms with E-state index in [9.17, 15) is 8.42 Å². The summed E-state index contributed by atoms with van der Waals surface area (Å²) in [5.74, 6) is 0. The van der Waals surface area contributed by atoms with Crippen molar-refractivity contribution in [2.24, 2.45) is 11.1 Å². The van der Waals surface area contributed by atoms with Crippen LogP contribution in [-0.4, -0.2) is 28.7 Å². The molecule has 1 aliphatic rings. The van der Waals surface area contributed by atoms with Gasteiger partial charge in [0.25, 0.3) is 0 Å². The summed E-state index contributed by atoms with van der Waals surface area (Å²) in [4.78, 5) is 0.282. The minimum absolute atomic E-state index is 0.0841. The maximum absolute atomic E-state index is 12.4. The molecule has 20 heavy (non-hydrogen) atoms. The summed E-state index contributed by atoms with van der Waals surface area (Å²) in [7, 11) is -1.83. The average molecular weight is 298 g/mol. The second-order valence-electron chi connectivity index (χ2n) is 5.38. The van der Waals surface area contributed by atoms with Crippen LogP contribution in [0.1, 0.15) is 24.8 Å². The van der Waals surface area contributed by atoms with Gasteiger partial charge in [-0.3, -0.25) is 0 Å². The van der Waals surface area contributed by atoms with Crippen molar-refractivity contribution in [1.29, 1.82) is 0 Å². The molecule has 0 radical (unpaired) electrons. The average Bonchev–Trinajstić information content (AvgIpc) is 3.24. The molecule has 0 spiro atoms. The van der Waals surface area contributed by atoms with Gasteiger partial charge in [-0.25, -0.2) is 13.1 Å². The van der Waals surface area contributed by atoms with E-state index < -0.39 is 10.0 Å². The van der Waals surface area contributed by atoms with Gasteiger partial charge in [0, 0.05) is 26.8 Å². The summed E-state index contributed by atoms with van der Waals surface area (Å²) in [6.07, 6.45) is 3.00. The number of methoxy groups -OCH3 is 1. The minimum Gasteiger partial charge on any atom is -0.385 e. The van der Waals surface area contributed by atoms with Crippen LogP contribution in [0.2, 0.25) is 0 Å². The van der Waals surface area contributed by atoms with Crippen LogP contribution in [0.15, 0.2) is 29.2 Å². The van der Waals surface area contributed by atoms with E-state index in [0.717, 1.165) is 19.3 Å². The van der Waals surface area contributed by atoms with E-state index in [4.69, 9.17) is 10.5 Å². The largest absolute Gasteiger partial charge is 0.385 e. The lowest BCUT2D eigenvalue weighted by Gasteiger charge is -2.16. The third-order valence-corrected chi connectivity index (χ3v) is 5.41. The fourth-order valence-corrected chi connectivity index (χ4v) is 3.68. The molecular weight excluding hydrogens is 276 g/mol. The van der Waals surface area contributed by atoms with Crippen molar-refractivity contribution in [3.63, 3.8) is 0 Å². The highest BCUT2D eigenvalue weighted by Gasteiger charge is 2.42. The van der Waals surface area contributed by atoms with Crippen molar-refractivity contribution in [1.82, 2.24) is 4.72 Å². The Morgan fingerprint density at radius 1 is 1.35 bits per heavy atom. The monoisotopic (exact) mass is 298 g/mol. The van der Waals surface area contributed by atoms with E-state index in [1.165, 1.54) is 0 Å². The van der Waals surface area contributed by atoms with Crippen molar-refractivity contribution in [3.8, 4) is 0 Å². The fraction of sp³-hybridized carbons (Fsp3) is 0.571. The second-order valence-corrected chi connectivity index (χ2v) is 7.11. The molecule has 0 unspecified atom stereocenters. The molecule has 0 amide bonds. The van der Waals surface area contributed by atoms with Crippen molar-refractivity contribution in [2.75, 3.05) is 20.3 Å². The molecule has 1 saturated carbocycles. The Labute approximate surface area is 120 Å². The Kier molecular flexibility index (Phi) is 4.80. The number of benzene rings is 1. The Morgan fingerprint density at radius 2 is 2.05 bits per heavy atom. The van der Waals surface area contributed by atoms with Crippen LogP contribution in [0.5, 0.6) is 0 Å². The number of nitrogens with two attached hydrogens (primary N) is 1. The van der Waals surface area contributed by atoms with Gasteiger partial charge in [0.1, 0.15) is 0 Å². The van der Waals surface area contributed by atoms with E-state index in [1.807, 2.05) is 0 Å². The van der Waals surface area contributed by atoms with E-state index in [0.29, 0.717) is 18.7 Å². The van der Waals surface area contributed by atoms with Crippen LogP contribution in [0.4, 0.5) is 0 Å². The highest BCUT2D eigenvalue weighted by atomic mass is 32.2. The van der Waals surface area contributed by atoms with Gasteiger partial charge in [0.05, 0.1) is 4.90 Å². The lowest BCUT2D eigenvalue weighted by atomic mass is 10.0. The lowest BCUT2D eigenvalue weighted by molar-refractivity contribution is 0.173. The highest BCUT2D eigenvalue weighted by Crippen LogP contribution is 2.48. The van der Waals surface area contributed by atoms with E-state index in [-0.39, 0.29) is 16.9 Å². The summed E-state index contributed by atoms with van der Waals surface area (Å²) in [5, 5.41) is 0. The lowest BCUT2D eigenvalue weighted by Crippen LogP contribution is -2.31. The summed E-state index contributed by atoms with van der Waals surface area (Å²) < 4.78 is 32.5. The molecule has 3 N–H and O–H groups in total. The van der Waals surface area contributed by atoms with Gasteiger partial charge in [-0.05, 0) is 36.3 Å². The second kappa shape index (κ2) is 6.22. The van der Waals surface area contributed by atoms with Crippen LogP contribution in [-0.2, 0) is 21.3 Å². The first kappa shape index (κ1) is 15.4. The minimum atomic E-state index is -3.49. The molecule has 0 bridgehead atoms. The van der Waals surface area contributed by atoms with Gasteiger partial charge in [0.2, 0.25) is 10.0 Å². The molecule has 1 aliphatic carbocycles. The highest BCUT2D eigenvalue weighted by molar-refractivity contribution is 7.89. The SMILES string of the molecule is COCCC1(CNS(=O)(=O)c2ccccc2CN)CC1.